The van der Waals surface area contributed by atoms with Gasteiger partial charge in [-0.2, -0.15) is 0 Å². The fraction of sp³-hybridized carbons (Fsp3) is 0.222. The number of nitrogens with two attached hydrogens (primary N) is 1. The predicted octanol–water partition coefficient (Wildman–Crippen LogP) is 3.21. The molecule has 2 aromatic carbocycles. The summed E-state index contributed by atoms with van der Waals surface area (Å²) in [5.74, 6) is 1.71. The molecule has 0 saturated carbocycles. The van der Waals surface area contributed by atoms with Crippen LogP contribution in [0, 0.1) is 6.92 Å². The second kappa shape index (κ2) is 6.62. The van der Waals surface area contributed by atoms with Crippen molar-refractivity contribution in [3.63, 3.8) is 0 Å². The summed E-state index contributed by atoms with van der Waals surface area (Å²) in [6.07, 6.45) is 0. The van der Waals surface area contributed by atoms with Gasteiger partial charge in [0.1, 0.15) is 23.9 Å². The average molecular weight is 308 g/mol. The minimum atomic E-state index is 0.464. The van der Waals surface area contributed by atoms with Crippen LogP contribution in [0.15, 0.2) is 47.5 Å². The second-order valence-electron chi connectivity index (χ2n) is 5.34. The number of hydrogen-bond donors (Lipinski definition) is 1. The van der Waals surface area contributed by atoms with Gasteiger partial charge in [0.25, 0.3) is 0 Å². The largest absolute Gasteiger partial charge is 0.487 e. The van der Waals surface area contributed by atoms with Crippen molar-refractivity contribution < 1.29 is 4.74 Å². The zero-order chi connectivity index (χ0) is 16.2. The second-order valence-corrected chi connectivity index (χ2v) is 5.34. The summed E-state index contributed by atoms with van der Waals surface area (Å²) in [6, 6.07) is 13.8. The molecule has 0 fully saturated rings. The number of para-hydroxylation sites is 2. The maximum absolute atomic E-state index is 5.86. The highest BCUT2D eigenvalue weighted by molar-refractivity contribution is 5.77. The third-order valence-corrected chi connectivity index (χ3v) is 3.79. The lowest BCUT2D eigenvalue weighted by atomic mass is 10.2. The van der Waals surface area contributed by atoms with Crippen LogP contribution in [0.25, 0.3) is 11.0 Å². The highest BCUT2D eigenvalue weighted by Gasteiger charge is 2.08. The smallest absolute Gasteiger partial charge is 0.145 e. The number of rotatable bonds is 6. The summed E-state index contributed by atoms with van der Waals surface area (Å²) < 4.78 is 8.00. The van der Waals surface area contributed by atoms with Crippen molar-refractivity contribution in [2.45, 2.75) is 20.1 Å². The normalized spacial score (nSPS) is 10.9. The van der Waals surface area contributed by atoms with Gasteiger partial charge in [0.15, 0.2) is 0 Å². The summed E-state index contributed by atoms with van der Waals surface area (Å²) in [6.45, 7) is 7.40. The zero-order valence-corrected chi connectivity index (χ0v) is 13.2. The van der Waals surface area contributed by atoms with Crippen LogP contribution in [0.4, 0.5) is 5.69 Å². The molecule has 1 aromatic heterocycles. The maximum Gasteiger partial charge on any atom is 0.145 e. The summed E-state index contributed by atoms with van der Waals surface area (Å²) in [5, 5.41) is 0. The number of nitrogens with zero attached hydrogens (tertiary/aromatic N) is 3. The number of hydrogen-bond acceptors (Lipinski definition) is 4. The number of aliphatic imine (C=N–C) groups is 1. The van der Waals surface area contributed by atoms with Crippen molar-refractivity contribution in [1.82, 2.24) is 9.55 Å². The molecule has 0 spiro atoms. The van der Waals surface area contributed by atoms with Gasteiger partial charge in [0.2, 0.25) is 0 Å². The van der Waals surface area contributed by atoms with Crippen molar-refractivity contribution in [3.8, 4) is 5.75 Å². The molecule has 0 unspecified atom stereocenters. The van der Waals surface area contributed by atoms with Gasteiger partial charge in [-0.25, -0.2) is 4.98 Å². The number of aromatic nitrogens is 2. The Kier molecular flexibility index (Phi) is 4.39. The molecule has 5 heteroatoms. The van der Waals surface area contributed by atoms with Crippen molar-refractivity contribution >= 4 is 23.4 Å². The van der Waals surface area contributed by atoms with Crippen molar-refractivity contribution in [2.24, 2.45) is 10.7 Å². The number of aryl methyl sites for hydroxylation is 1. The van der Waals surface area contributed by atoms with Crippen molar-refractivity contribution in [3.05, 3.63) is 53.9 Å². The van der Waals surface area contributed by atoms with Crippen LogP contribution in [0.3, 0.4) is 0 Å². The van der Waals surface area contributed by atoms with E-state index in [0.29, 0.717) is 13.2 Å². The molecule has 0 bridgehead atoms. The lowest BCUT2D eigenvalue weighted by Crippen LogP contribution is -2.10. The Labute approximate surface area is 135 Å². The Bertz CT molecular complexity index is 838. The summed E-state index contributed by atoms with van der Waals surface area (Å²) in [7, 11) is 0. The summed E-state index contributed by atoms with van der Waals surface area (Å²) >= 11 is 0. The average Bonchev–Trinajstić information content (AvgIpc) is 2.88. The van der Waals surface area contributed by atoms with E-state index < -0.39 is 0 Å². The molecule has 3 rings (SSSR count). The SMILES string of the molecule is C=Nc1ccccc1OCc1ccc2c(c1)nc(C)n2CCN. The molecule has 3 aromatic rings. The molecule has 0 aliphatic carbocycles. The highest BCUT2D eigenvalue weighted by atomic mass is 16.5. The molecule has 0 saturated heterocycles. The topological polar surface area (TPSA) is 65.4 Å². The third-order valence-electron chi connectivity index (χ3n) is 3.79. The number of benzene rings is 2. The van der Waals surface area contributed by atoms with E-state index in [2.05, 4.69) is 39.5 Å². The van der Waals surface area contributed by atoms with Gasteiger partial charge < -0.3 is 15.0 Å². The fourth-order valence-electron chi connectivity index (χ4n) is 2.67. The Morgan fingerprint density at radius 1 is 1.26 bits per heavy atom. The van der Waals surface area contributed by atoms with Crippen LogP contribution in [-0.2, 0) is 13.2 Å². The molecule has 0 radical (unpaired) electrons. The molecule has 1 heterocycles. The van der Waals surface area contributed by atoms with Gasteiger partial charge >= 0.3 is 0 Å². The minimum Gasteiger partial charge on any atom is -0.487 e. The first-order chi connectivity index (χ1) is 11.2. The monoisotopic (exact) mass is 308 g/mol. The van der Waals surface area contributed by atoms with E-state index in [1.165, 1.54) is 0 Å². The zero-order valence-electron chi connectivity index (χ0n) is 13.2. The quantitative estimate of drug-likeness (QED) is 0.711. The Balaban J connectivity index is 1.82. The van der Waals surface area contributed by atoms with E-state index in [0.717, 1.165) is 40.4 Å². The van der Waals surface area contributed by atoms with Crippen LogP contribution in [0.1, 0.15) is 11.4 Å². The molecule has 2 N–H and O–H groups in total. The van der Waals surface area contributed by atoms with E-state index in [1.807, 2.05) is 31.2 Å². The third kappa shape index (κ3) is 3.10. The van der Waals surface area contributed by atoms with Crippen LogP contribution >= 0.6 is 0 Å². The molecule has 0 aliphatic rings. The Morgan fingerprint density at radius 2 is 2.09 bits per heavy atom. The number of fused-ring (bicyclic) bond motifs is 1. The van der Waals surface area contributed by atoms with Gasteiger partial charge in [0.05, 0.1) is 11.0 Å². The van der Waals surface area contributed by atoms with Gasteiger partial charge in [-0.05, 0) is 43.5 Å². The van der Waals surface area contributed by atoms with Crippen LogP contribution < -0.4 is 10.5 Å². The van der Waals surface area contributed by atoms with E-state index >= 15 is 0 Å². The fourth-order valence-corrected chi connectivity index (χ4v) is 2.67. The van der Waals surface area contributed by atoms with Crippen LogP contribution in [-0.4, -0.2) is 22.8 Å². The first kappa shape index (κ1) is 15.2. The van der Waals surface area contributed by atoms with E-state index in [4.69, 9.17) is 10.5 Å². The molecule has 0 amide bonds. The Morgan fingerprint density at radius 3 is 2.87 bits per heavy atom. The molecule has 5 nitrogen and oxygen atoms in total. The molecule has 118 valence electrons. The maximum atomic E-state index is 5.86. The van der Waals surface area contributed by atoms with Gasteiger partial charge in [0, 0.05) is 13.1 Å². The molecule has 0 atom stereocenters. The van der Waals surface area contributed by atoms with E-state index in [1.54, 1.807) is 0 Å². The molecule has 23 heavy (non-hydrogen) atoms. The molecular weight excluding hydrogens is 288 g/mol. The van der Waals surface area contributed by atoms with E-state index in [-0.39, 0.29) is 0 Å². The number of ether oxygens (including phenoxy) is 1. The standard InChI is InChI=1S/C18H20N4O/c1-13-21-16-11-14(7-8-17(16)22(13)10-9-19)12-23-18-6-4-3-5-15(18)20-2/h3-8,11H,2,9-10,12,19H2,1H3. The van der Waals surface area contributed by atoms with Gasteiger partial charge in [-0.3, -0.25) is 4.99 Å². The van der Waals surface area contributed by atoms with Gasteiger partial charge in [-0.1, -0.05) is 18.2 Å². The van der Waals surface area contributed by atoms with Crippen LogP contribution in [0.5, 0.6) is 5.75 Å². The van der Waals surface area contributed by atoms with Crippen LogP contribution in [0.2, 0.25) is 0 Å². The van der Waals surface area contributed by atoms with Crippen molar-refractivity contribution in [2.75, 3.05) is 6.54 Å². The summed E-state index contributed by atoms with van der Waals surface area (Å²) in [5.41, 5.74) is 9.54. The summed E-state index contributed by atoms with van der Waals surface area (Å²) in [4.78, 5) is 8.57. The van der Waals surface area contributed by atoms with Gasteiger partial charge in [-0.15, -0.1) is 0 Å². The number of imidazole rings is 1. The highest BCUT2D eigenvalue weighted by Crippen LogP contribution is 2.27. The molecule has 0 aliphatic heterocycles. The van der Waals surface area contributed by atoms with E-state index in [9.17, 15) is 0 Å². The Hall–Kier alpha value is -2.66. The first-order valence-corrected chi connectivity index (χ1v) is 7.57. The lowest BCUT2D eigenvalue weighted by Gasteiger charge is -2.09. The predicted molar refractivity (Wildman–Crippen MR) is 93.5 cm³/mol. The molecular formula is C18H20N4O. The first-order valence-electron chi connectivity index (χ1n) is 7.57. The lowest BCUT2D eigenvalue weighted by molar-refractivity contribution is 0.307. The minimum absolute atomic E-state index is 0.464. The van der Waals surface area contributed by atoms with Crippen molar-refractivity contribution in [1.29, 1.82) is 0 Å².